The number of ether oxygens (including phenoxy) is 1. The van der Waals surface area contributed by atoms with Crippen LogP contribution in [0.3, 0.4) is 0 Å². The molecule has 0 aliphatic carbocycles. The van der Waals surface area contributed by atoms with Crippen molar-refractivity contribution >= 4 is 29.3 Å². The van der Waals surface area contributed by atoms with Gasteiger partial charge in [-0.15, -0.1) is 0 Å². The van der Waals surface area contributed by atoms with Crippen LogP contribution in [0.2, 0.25) is 0 Å². The van der Waals surface area contributed by atoms with Crippen LogP contribution in [0.15, 0.2) is 42.6 Å². The molecule has 0 saturated carbocycles. The van der Waals surface area contributed by atoms with Gasteiger partial charge in [-0.25, -0.2) is 4.79 Å². The van der Waals surface area contributed by atoms with Crippen LogP contribution >= 0.6 is 0 Å². The van der Waals surface area contributed by atoms with Gasteiger partial charge >= 0.3 is 6.09 Å². The lowest BCUT2D eigenvalue weighted by molar-refractivity contribution is 0.0635. The third-order valence-electron chi connectivity index (χ3n) is 5.06. The largest absolute Gasteiger partial charge is 0.444 e. The molecule has 2 aromatic rings. The van der Waals surface area contributed by atoms with Gasteiger partial charge in [-0.1, -0.05) is 32.4 Å². The van der Waals surface area contributed by atoms with E-state index in [1.165, 1.54) is 12.3 Å². The number of anilines is 2. The molecule has 35 heavy (non-hydrogen) atoms. The molecule has 0 radical (unpaired) electrons. The minimum Gasteiger partial charge on any atom is -0.444 e. The molecule has 1 aromatic heterocycles. The number of likely N-dealkylation sites (N-methyl/N-ethyl adjacent to an activating group) is 1. The van der Waals surface area contributed by atoms with E-state index in [2.05, 4.69) is 39.7 Å². The first-order valence-electron chi connectivity index (χ1n) is 12.0. The van der Waals surface area contributed by atoms with Crippen molar-refractivity contribution in [3.8, 4) is 0 Å². The molecule has 0 bridgehead atoms. The number of carbonyl (C=O) groups excluding carboxylic acids is 3. The number of carbonyl (C=O) groups is 3. The maximum atomic E-state index is 12.7. The average Bonchev–Trinajstić information content (AvgIpc) is 2.81. The molecular weight excluding hydrogens is 446 g/mol. The van der Waals surface area contributed by atoms with Gasteiger partial charge in [0.25, 0.3) is 11.8 Å². The highest BCUT2D eigenvalue weighted by molar-refractivity contribution is 6.06. The van der Waals surface area contributed by atoms with Crippen molar-refractivity contribution in [1.82, 2.24) is 15.2 Å². The summed E-state index contributed by atoms with van der Waals surface area (Å²) in [7, 11) is 0. The highest BCUT2D eigenvalue weighted by atomic mass is 16.6. The molecule has 190 valence electrons. The molecule has 1 heterocycles. The Hall–Kier alpha value is -3.46. The predicted molar refractivity (Wildman–Crippen MR) is 138 cm³/mol. The first kappa shape index (κ1) is 27.8. The van der Waals surface area contributed by atoms with Crippen LogP contribution in [0.25, 0.3) is 0 Å². The SMILES string of the molecule is CCCCN(CC)CCNC(=O)c1ccc(C(=O)Nc2ccccc2NC(=O)OC(C)(C)C)nc1. The zero-order chi connectivity index (χ0) is 25.8. The number of rotatable bonds is 11. The van der Waals surface area contributed by atoms with Gasteiger partial charge < -0.3 is 20.3 Å². The van der Waals surface area contributed by atoms with Gasteiger partial charge in [0.1, 0.15) is 11.3 Å². The molecule has 2 rings (SSSR count). The van der Waals surface area contributed by atoms with Crippen LogP contribution in [-0.4, -0.2) is 59.6 Å². The maximum Gasteiger partial charge on any atom is 0.412 e. The Balaban J connectivity index is 1.94. The number of aromatic nitrogens is 1. The number of benzene rings is 1. The molecule has 0 aliphatic rings. The van der Waals surface area contributed by atoms with E-state index in [0.29, 0.717) is 23.5 Å². The summed E-state index contributed by atoms with van der Waals surface area (Å²) in [5, 5.41) is 8.27. The van der Waals surface area contributed by atoms with E-state index in [4.69, 9.17) is 4.74 Å². The number of unbranched alkanes of at least 4 members (excludes halogenated alkanes) is 1. The Morgan fingerprint density at radius 2 is 1.63 bits per heavy atom. The predicted octanol–water partition coefficient (Wildman–Crippen LogP) is 4.53. The van der Waals surface area contributed by atoms with Gasteiger partial charge in [0, 0.05) is 19.3 Å². The zero-order valence-electron chi connectivity index (χ0n) is 21.3. The number of amides is 3. The lowest BCUT2D eigenvalue weighted by Gasteiger charge is -2.20. The fourth-order valence-corrected chi connectivity index (χ4v) is 3.20. The summed E-state index contributed by atoms with van der Waals surface area (Å²) >= 11 is 0. The van der Waals surface area contributed by atoms with Gasteiger partial charge in [-0.3, -0.25) is 19.9 Å². The third kappa shape index (κ3) is 9.74. The number of hydrogen-bond acceptors (Lipinski definition) is 6. The molecule has 0 fully saturated rings. The van der Waals surface area contributed by atoms with Gasteiger partial charge in [0.05, 0.1) is 16.9 Å². The van der Waals surface area contributed by atoms with Gasteiger partial charge in [-0.2, -0.15) is 0 Å². The van der Waals surface area contributed by atoms with Crippen LogP contribution in [0.4, 0.5) is 16.2 Å². The molecule has 1 aromatic carbocycles. The van der Waals surface area contributed by atoms with E-state index >= 15 is 0 Å². The van der Waals surface area contributed by atoms with E-state index in [1.54, 1.807) is 51.1 Å². The van der Waals surface area contributed by atoms with Gasteiger partial charge in [-0.05, 0) is 64.5 Å². The summed E-state index contributed by atoms with van der Waals surface area (Å²) in [5.74, 6) is -0.701. The second kappa shape index (κ2) is 13.4. The monoisotopic (exact) mass is 483 g/mol. The molecule has 0 unspecified atom stereocenters. The Morgan fingerprint density at radius 3 is 2.20 bits per heavy atom. The van der Waals surface area contributed by atoms with Gasteiger partial charge in [0.15, 0.2) is 0 Å². The van der Waals surface area contributed by atoms with Crippen LogP contribution in [-0.2, 0) is 4.74 Å². The van der Waals surface area contributed by atoms with E-state index in [-0.39, 0.29) is 11.6 Å². The van der Waals surface area contributed by atoms with Crippen LogP contribution in [0, 0.1) is 0 Å². The van der Waals surface area contributed by atoms with E-state index in [9.17, 15) is 14.4 Å². The van der Waals surface area contributed by atoms with Crippen molar-refractivity contribution < 1.29 is 19.1 Å². The van der Waals surface area contributed by atoms with Crippen LogP contribution in [0.1, 0.15) is 68.3 Å². The number of hydrogen-bond donors (Lipinski definition) is 3. The summed E-state index contributed by atoms with van der Waals surface area (Å²) in [6.45, 7) is 12.9. The molecule has 3 N–H and O–H groups in total. The quantitative estimate of drug-likeness (QED) is 0.433. The lowest BCUT2D eigenvalue weighted by atomic mass is 10.2. The van der Waals surface area contributed by atoms with Crippen molar-refractivity contribution in [3.05, 3.63) is 53.9 Å². The second-order valence-electron chi connectivity index (χ2n) is 9.10. The summed E-state index contributed by atoms with van der Waals surface area (Å²) < 4.78 is 5.27. The lowest BCUT2D eigenvalue weighted by Crippen LogP contribution is -2.35. The second-order valence-corrected chi connectivity index (χ2v) is 9.10. The Labute approximate surface area is 207 Å². The normalized spacial score (nSPS) is 11.1. The van der Waals surface area contributed by atoms with Crippen molar-refractivity contribution in [1.29, 1.82) is 0 Å². The molecule has 9 heteroatoms. The Morgan fingerprint density at radius 1 is 0.943 bits per heavy atom. The Bertz CT molecular complexity index is 986. The fourth-order valence-electron chi connectivity index (χ4n) is 3.20. The standard InChI is InChI=1S/C26H37N5O4/c1-6-8-16-31(7-2)17-15-27-23(32)19-13-14-22(28-18-19)24(33)29-20-11-9-10-12-21(20)30-25(34)35-26(3,4)5/h9-14,18H,6-8,15-17H2,1-5H3,(H,27,32)(H,29,33)(H,30,34). The fraction of sp³-hybridized carbons (Fsp3) is 0.462. The van der Waals surface area contributed by atoms with Crippen LogP contribution < -0.4 is 16.0 Å². The summed E-state index contributed by atoms with van der Waals surface area (Å²) in [4.78, 5) is 43.7. The summed E-state index contributed by atoms with van der Waals surface area (Å²) in [6, 6.07) is 9.84. The third-order valence-corrected chi connectivity index (χ3v) is 5.06. The molecule has 0 spiro atoms. The summed E-state index contributed by atoms with van der Waals surface area (Å²) in [6.07, 6.45) is 3.03. The van der Waals surface area contributed by atoms with E-state index in [1.807, 2.05) is 0 Å². The minimum absolute atomic E-state index is 0.144. The molecule has 0 atom stereocenters. The molecule has 9 nitrogen and oxygen atoms in total. The molecule has 0 saturated heterocycles. The smallest absolute Gasteiger partial charge is 0.412 e. The van der Waals surface area contributed by atoms with Crippen LogP contribution in [0.5, 0.6) is 0 Å². The zero-order valence-corrected chi connectivity index (χ0v) is 21.3. The summed E-state index contributed by atoms with van der Waals surface area (Å²) in [5.41, 5.74) is 0.669. The molecular formula is C26H37N5O4. The van der Waals surface area contributed by atoms with Crippen molar-refractivity contribution in [2.24, 2.45) is 0 Å². The topological polar surface area (TPSA) is 113 Å². The highest BCUT2D eigenvalue weighted by Gasteiger charge is 2.18. The Kier molecular flexibility index (Phi) is 10.7. The maximum absolute atomic E-state index is 12.7. The van der Waals surface area contributed by atoms with Crippen molar-refractivity contribution in [2.45, 2.75) is 53.1 Å². The first-order valence-corrected chi connectivity index (χ1v) is 12.0. The molecule has 3 amide bonds. The van der Waals surface area contributed by atoms with Gasteiger partial charge in [0.2, 0.25) is 0 Å². The van der Waals surface area contributed by atoms with Crippen molar-refractivity contribution in [3.63, 3.8) is 0 Å². The number of nitrogens with zero attached hydrogens (tertiary/aromatic N) is 2. The van der Waals surface area contributed by atoms with E-state index in [0.717, 1.165) is 32.5 Å². The minimum atomic E-state index is -0.648. The van der Waals surface area contributed by atoms with E-state index < -0.39 is 17.6 Å². The number of para-hydroxylation sites is 2. The number of nitrogens with one attached hydrogen (secondary N) is 3. The average molecular weight is 484 g/mol. The highest BCUT2D eigenvalue weighted by Crippen LogP contribution is 2.22. The number of pyridine rings is 1. The van der Waals surface area contributed by atoms with Crippen molar-refractivity contribution in [2.75, 3.05) is 36.8 Å². The molecule has 0 aliphatic heterocycles. The first-order chi connectivity index (χ1) is 16.6.